The van der Waals surface area contributed by atoms with Crippen LogP contribution in [0.1, 0.15) is 0 Å². The van der Waals surface area contributed by atoms with Gasteiger partial charge in [0.1, 0.15) is 0 Å². The van der Waals surface area contributed by atoms with Crippen LogP contribution in [0.4, 0.5) is 0 Å². The fourth-order valence-electron chi connectivity index (χ4n) is 0.683. The van der Waals surface area contributed by atoms with E-state index in [4.69, 9.17) is 26.7 Å². The Balaban J connectivity index is 3.14. The molecule has 0 unspecified atom stereocenters. The second-order valence-corrected chi connectivity index (χ2v) is 2.51. The van der Waals surface area contributed by atoms with Crippen molar-refractivity contribution in [2.45, 2.75) is 0 Å². The van der Waals surface area contributed by atoms with Gasteiger partial charge in [0.25, 0.3) is 0 Å². The Morgan fingerprint density at radius 3 is 2.36 bits per heavy atom. The average Bonchev–Trinajstić information content (AvgIpc) is 1.86. The van der Waals surface area contributed by atoms with Crippen molar-refractivity contribution in [1.82, 2.24) is 4.98 Å². The smallest absolute Gasteiger partial charge is 0.422 e. The molecule has 1 rings (SSSR count). The molecular formula is C5H6BClNO3-. The molecule has 0 fully saturated rings. The maximum atomic E-state index is 8.70. The van der Waals surface area contributed by atoms with E-state index in [9.17, 15) is 0 Å². The predicted octanol–water partition coefficient (Wildman–Crippen LogP) is -1.14. The first-order chi connectivity index (χ1) is 5.02. The molecule has 0 aliphatic carbocycles. The number of hydrogen-bond acceptors (Lipinski definition) is 4. The van der Waals surface area contributed by atoms with Gasteiger partial charge in [0.05, 0.1) is 0 Å². The summed E-state index contributed by atoms with van der Waals surface area (Å²) in [6, 6.07) is 2.93. The van der Waals surface area contributed by atoms with Gasteiger partial charge in [0.15, 0.2) is 0 Å². The summed E-state index contributed by atoms with van der Waals surface area (Å²) in [6.45, 7) is -3.57. The second-order valence-electron chi connectivity index (χ2n) is 2.10. The van der Waals surface area contributed by atoms with Crippen molar-refractivity contribution in [2.75, 3.05) is 0 Å². The summed E-state index contributed by atoms with van der Waals surface area (Å²) in [5.41, 5.74) is -0.311. The molecule has 0 amide bonds. The number of rotatable bonds is 1. The molecule has 11 heavy (non-hydrogen) atoms. The number of aromatic nitrogens is 1. The Labute approximate surface area is 68.1 Å². The molecule has 0 atom stereocenters. The third kappa shape index (κ3) is 1.91. The fraction of sp³-hybridized carbons (Fsp3) is 0. The van der Waals surface area contributed by atoms with E-state index in [2.05, 4.69) is 4.98 Å². The van der Waals surface area contributed by atoms with Gasteiger partial charge in [-0.1, -0.05) is 11.6 Å². The first-order valence-electron chi connectivity index (χ1n) is 2.94. The third-order valence-corrected chi connectivity index (χ3v) is 1.47. The lowest BCUT2D eigenvalue weighted by molar-refractivity contribution is 0.248. The molecule has 0 bridgehead atoms. The van der Waals surface area contributed by atoms with E-state index in [1.165, 1.54) is 18.3 Å². The molecule has 4 nitrogen and oxygen atoms in total. The first-order valence-corrected chi connectivity index (χ1v) is 3.32. The van der Waals surface area contributed by atoms with Crippen molar-refractivity contribution < 1.29 is 15.1 Å². The Hall–Kier alpha value is -0.615. The molecule has 0 aliphatic heterocycles. The van der Waals surface area contributed by atoms with Crippen LogP contribution >= 0.6 is 11.6 Å². The van der Waals surface area contributed by atoms with Gasteiger partial charge in [-0.3, -0.25) is 4.98 Å². The van der Waals surface area contributed by atoms with Gasteiger partial charge in [0.2, 0.25) is 0 Å². The molecule has 0 saturated carbocycles. The summed E-state index contributed by atoms with van der Waals surface area (Å²) < 4.78 is 0. The van der Waals surface area contributed by atoms with Gasteiger partial charge in [-0.25, -0.2) is 0 Å². The molecule has 60 valence electrons. The molecule has 3 N–H and O–H groups in total. The summed E-state index contributed by atoms with van der Waals surface area (Å²) >= 11 is 5.48. The minimum absolute atomic E-state index is 0.0278. The van der Waals surface area contributed by atoms with E-state index >= 15 is 0 Å². The lowest BCUT2D eigenvalue weighted by Crippen LogP contribution is -2.51. The van der Waals surface area contributed by atoms with Crippen molar-refractivity contribution in [2.24, 2.45) is 0 Å². The average molecular weight is 174 g/mol. The molecule has 0 radical (unpaired) electrons. The van der Waals surface area contributed by atoms with E-state index < -0.39 is 6.75 Å². The highest BCUT2D eigenvalue weighted by atomic mass is 35.5. The summed E-state index contributed by atoms with van der Waals surface area (Å²) in [6.07, 6.45) is 1.31. The highest BCUT2D eigenvalue weighted by molar-refractivity contribution is 6.73. The molecule has 1 heterocycles. The first kappa shape index (κ1) is 8.48. The highest BCUT2D eigenvalue weighted by Gasteiger charge is 2.22. The maximum Gasteiger partial charge on any atom is 0.422 e. The van der Waals surface area contributed by atoms with E-state index in [1.54, 1.807) is 0 Å². The van der Waals surface area contributed by atoms with Gasteiger partial charge in [-0.05, 0) is 17.7 Å². The number of pyridine rings is 1. The third-order valence-electron chi connectivity index (χ3n) is 1.15. The minimum atomic E-state index is -3.57. The molecule has 0 saturated heterocycles. The summed E-state index contributed by atoms with van der Waals surface area (Å²) in [5.74, 6) is 0. The maximum absolute atomic E-state index is 8.70. The van der Waals surface area contributed by atoms with Crippen LogP contribution in [0.5, 0.6) is 0 Å². The normalized spacial score (nSPS) is 11.6. The largest absolute Gasteiger partial charge is 0.555 e. The fourth-order valence-corrected chi connectivity index (χ4v) is 0.951. The van der Waals surface area contributed by atoms with Crippen molar-refractivity contribution in [3.8, 4) is 0 Å². The quantitative estimate of drug-likeness (QED) is 0.471. The lowest BCUT2D eigenvalue weighted by atomic mass is 9.75. The lowest BCUT2D eigenvalue weighted by Gasteiger charge is -2.20. The molecule has 6 heteroatoms. The molecule has 0 aromatic carbocycles. The van der Waals surface area contributed by atoms with E-state index in [0.717, 1.165) is 0 Å². The van der Waals surface area contributed by atoms with Gasteiger partial charge in [-0.2, -0.15) is 0 Å². The Morgan fingerprint density at radius 1 is 1.36 bits per heavy atom. The molecule has 0 spiro atoms. The molecular weight excluding hydrogens is 168 g/mol. The van der Waals surface area contributed by atoms with Gasteiger partial charge in [0, 0.05) is 11.2 Å². The van der Waals surface area contributed by atoms with Crippen molar-refractivity contribution in [3.63, 3.8) is 0 Å². The van der Waals surface area contributed by atoms with Gasteiger partial charge < -0.3 is 15.1 Å². The van der Waals surface area contributed by atoms with E-state index in [-0.39, 0.29) is 10.6 Å². The van der Waals surface area contributed by atoms with Gasteiger partial charge in [-0.15, -0.1) is 0 Å². The summed E-state index contributed by atoms with van der Waals surface area (Å²) in [4.78, 5) is 3.50. The standard InChI is InChI=1S/C5H6BClNO3/c7-4-2-1-3-8-5(4)6(9,10)11/h1-3,9-11H/q-1. The van der Waals surface area contributed by atoms with Crippen molar-refractivity contribution in [1.29, 1.82) is 0 Å². The van der Waals surface area contributed by atoms with Crippen LogP contribution in [0.15, 0.2) is 18.3 Å². The van der Waals surface area contributed by atoms with E-state index in [1.807, 2.05) is 0 Å². The predicted molar refractivity (Wildman–Crippen MR) is 41.3 cm³/mol. The molecule has 1 aromatic rings. The van der Waals surface area contributed by atoms with Crippen LogP contribution in [0.25, 0.3) is 0 Å². The minimum Gasteiger partial charge on any atom is -0.555 e. The van der Waals surface area contributed by atoms with Crippen LogP contribution in [0, 0.1) is 0 Å². The Bertz CT molecular complexity index is 262. The van der Waals surface area contributed by atoms with Crippen molar-refractivity contribution in [3.05, 3.63) is 23.4 Å². The van der Waals surface area contributed by atoms with Crippen LogP contribution in [-0.4, -0.2) is 26.8 Å². The number of nitrogens with zero attached hydrogens (tertiary/aromatic N) is 1. The van der Waals surface area contributed by atoms with E-state index in [0.29, 0.717) is 0 Å². The highest BCUT2D eigenvalue weighted by Crippen LogP contribution is 2.03. The monoisotopic (exact) mass is 174 g/mol. The van der Waals surface area contributed by atoms with Crippen LogP contribution < -0.4 is 5.59 Å². The molecule has 0 aliphatic rings. The van der Waals surface area contributed by atoms with Crippen LogP contribution in [0.2, 0.25) is 5.02 Å². The van der Waals surface area contributed by atoms with Crippen molar-refractivity contribution >= 4 is 23.9 Å². The molecule has 1 aromatic heterocycles. The zero-order valence-corrected chi connectivity index (χ0v) is 6.23. The van der Waals surface area contributed by atoms with Crippen LogP contribution in [0.3, 0.4) is 0 Å². The number of hydrogen-bond donors (Lipinski definition) is 3. The Morgan fingerprint density at radius 2 is 2.00 bits per heavy atom. The SMILES string of the molecule is O[B-](O)(O)c1ncccc1Cl. The zero-order chi connectivity index (χ0) is 8.48. The topological polar surface area (TPSA) is 73.6 Å². The Kier molecular flexibility index (Phi) is 2.15. The van der Waals surface area contributed by atoms with Gasteiger partial charge >= 0.3 is 6.75 Å². The summed E-state index contributed by atoms with van der Waals surface area (Å²) in [7, 11) is 0. The zero-order valence-electron chi connectivity index (χ0n) is 5.48. The second kappa shape index (κ2) is 2.79. The van der Waals surface area contributed by atoms with Crippen LogP contribution in [-0.2, 0) is 0 Å². The number of halogens is 1. The summed E-state index contributed by atoms with van der Waals surface area (Å²) in [5, 5.41) is 26.1.